The van der Waals surface area contributed by atoms with E-state index in [1.54, 1.807) is 17.8 Å². The SMILES string of the molecule is CCC1CSC(=NCCc2ccc(F)cc2C)N1. The van der Waals surface area contributed by atoms with E-state index in [4.69, 9.17) is 0 Å². The molecule has 1 N–H and O–H groups in total. The van der Waals surface area contributed by atoms with Gasteiger partial charge in [0.1, 0.15) is 5.82 Å². The predicted octanol–water partition coefficient (Wildman–Crippen LogP) is 3.15. The van der Waals surface area contributed by atoms with E-state index in [0.717, 1.165) is 35.9 Å². The maximum atomic E-state index is 13.0. The van der Waals surface area contributed by atoms with Gasteiger partial charge in [0.15, 0.2) is 5.17 Å². The van der Waals surface area contributed by atoms with E-state index < -0.39 is 0 Å². The van der Waals surface area contributed by atoms with Gasteiger partial charge in [0.25, 0.3) is 0 Å². The number of rotatable bonds is 4. The smallest absolute Gasteiger partial charge is 0.156 e. The van der Waals surface area contributed by atoms with Crippen molar-refractivity contribution < 1.29 is 4.39 Å². The molecule has 1 fully saturated rings. The van der Waals surface area contributed by atoms with Crippen LogP contribution in [-0.2, 0) is 6.42 Å². The zero-order valence-corrected chi connectivity index (χ0v) is 11.7. The third-order valence-electron chi connectivity index (χ3n) is 3.18. The van der Waals surface area contributed by atoms with E-state index in [2.05, 4.69) is 17.2 Å². The Morgan fingerprint density at radius 1 is 1.50 bits per heavy atom. The van der Waals surface area contributed by atoms with Crippen molar-refractivity contribution in [2.24, 2.45) is 4.99 Å². The number of hydrogen-bond acceptors (Lipinski definition) is 2. The van der Waals surface area contributed by atoms with Gasteiger partial charge in [-0.25, -0.2) is 4.39 Å². The lowest BCUT2D eigenvalue weighted by atomic mass is 10.1. The second-order valence-corrected chi connectivity index (χ2v) is 5.58. The Bertz CT molecular complexity index is 445. The molecular weight excluding hydrogens is 247 g/mol. The highest BCUT2D eigenvalue weighted by Crippen LogP contribution is 2.16. The van der Waals surface area contributed by atoms with Gasteiger partial charge >= 0.3 is 0 Å². The van der Waals surface area contributed by atoms with Crippen molar-refractivity contribution in [3.05, 3.63) is 35.1 Å². The Hall–Kier alpha value is -1.03. The summed E-state index contributed by atoms with van der Waals surface area (Å²) in [6.45, 7) is 4.89. The standard InChI is InChI=1S/C14H19FN2S/c1-3-13-9-18-14(17-13)16-7-6-11-4-5-12(15)8-10(11)2/h4-5,8,13H,3,6-7,9H2,1-2H3,(H,16,17). The zero-order valence-electron chi connectivity index (χ0n) is 10.9. The van der Waals surface area contributed by atoms with Gasteiger partial charge in [0.2, 0.25) is 0 Å². The van der Waals surface area contributed by atoms with Crippen LogP contribution in [0, 0.1) is 12.7 Å². The van der Waals surface area contributed by atoms with Crippen LogP contribution in [0.15, 0.2) is 23.2 Å². The molecule has 4 heteroatoms. The fourth-order valence-corrected chi connectivity index (χ4v) is 3.08. The summed E-state index contributed by atoms with van der Waals surface area (Å²) in [4.78, 5) is 4.55. The molecule has 0 amide bonds. The molecule has 0 saturated carbocycles. The Kier molecular flexibility index (Phi) is 4.64. The number of thioether (sulfide) groups is 1. The number of aryl methyl sites for hydroxylation is 1. The largest absolute Gasteiger partial charge is 0.361 e. The lowest BCUT2D eigenvalue weighted by molar-refractivity contribution is 0.625. The minimum atomic E-state index is -0.165. The normalized spacial score (nSPS) is 21.3. The Morgan fingerprint density at radius 2 is 2.33 bits per heavy atom. The molecule has 0 aliphatic carbocycles. The molecule has 98 valence electrons. The highest BCUT2D eigenvalue weighted by Gasteiger charge is 2.17. The van der Waals surface area contributed by atoms with Crippen LogP contribution in [0.3, 0.4) is 0 Å². The van der Waals surface area contributed by atoms with Gasteiger partial charge in [-0.1, -0.05) is 24.8 Å². The fourth-order valence-electron chi connectivity index (χ4n) is 1.97. The van der Waals surface area contributed by atoms with Crippen LogP contribution in [0.25, 0.3) is 0 Å². The lowest BCUT2D eigenvalue weighted by Crippen LogP contribution is -2.26. The van der Waals surface area contributed by atoms with E-state index in [9.17, 15) is 4.39 Å². The van der Waals surface area contributed by atoms with E-state index in [1.807, 2.05) is 13.0 Å². The minimum Gasteiger partial charge on any atom is -0.361 e. The average molecular weight is 266 g/mol. The molecule has 1 aromatic rings. The zero-order chi connectivity index (χ0) is 13.0. The average Bonchev–Trinajstić information content (AvgIpc) is 2.80. The second kappa shape index (κ2) is 6.23. The van der Waals surface area contributed by atoms with Crippen LogP contribution in [0.4, 0.5) is 4.39 Å². The molecule has 0 spiro atoms. The van der Waals surface area contributed by atoms with Gasteiger partial charge in [0, 0.05) is 18.3 Å². The Labute approximate surface area is 112 Å². The highest BCUT2D eigenvalue weighted by molar-refractivity contribution is 8.14. The number of nitrogens with one attached hydrogen (secondary N) is 1. The number of amidine groups is 1. The van der Waals surface area contributed by atoms with Crippen molar-refractivity contribution in [2.75, 3.05) is 12.3 Å². The van der Waals surface area contributed by atoms with Gasteiger partial charge in [-0.2, -0.15) is 0 Å². The second-order valence-electron chi connectivity index (χ2n) is 4.57. The first-order valence-corrected chi connectivity index (χ1v) is 7.36. The highest BCUT2D eigenvalue weighted by atomic mass is 32.2. The van der Waals surface area contributed by atoms with Gasteiger partial charge in [-0.3, -0.25) is 4.99 Å². The van der Waals surface area contributed by atoms with Crippen molar-refractivity contribution in [1.82, 2.24) is 5.32 Å². The van der Waals surface area contributed by atoms with Crippen LogP contribution in [0.1, 0.15) is 24.5 Å². The molecule has 0 aromatic heterocycles. The Balaban J connectivity index is 1.87. The predicted molar refractivity (Wildman–Crippen MR) is 76.8 cm³/mol. The van der Waals surface area contributed by atoms with Gasteiger partial charge in [-0.05, 0) is 43.0 Å². The maximum absolute atomic E-state index is 13.0. The summed E-state index contributed by atoms with van der Waals surface area (Å²) < 4.78 is 13.0. The van der Waals surface area contributed by atoms with Crippen LogP contribution in [-0.4, -0.2) is 23.5 Å². The minimum absolute atomic E-state index is 0.165. The number of hydrogen-bond donors (Lipinski definition) is 1. The van der Waals surface area contributed by atoms with Gasteiger partial charge in [0.05, 0.1) is 0 Å². The molecule has 0 bridgehead atoms. The number of nitrogens with zero attached hydrogens (tertiary/aromatic N) is 1. The molecule has 1 aliphatic rings. The van der Waals surface area contributed by atoms with Gasteiger partial charge < -0.3 is 5.32 Å². The van der Waals surface area contributed by atoms with Crippen molar-refractivity contribution in [3.8, 4) is 0 Å². The van der Waals surface area contributed by atoms with Crippen molar-refractivity contribution in [1.29, 1.82) is 0 Å². The summed E-state index contributed by atoms with van der Waals surface area (Å²) in [6, 6.07) is 5.53. The summed E-state index contributed by atoms with van der Waals surface area (Å²) in [5, 5.41) is 4.46. The maximum Gasteiger partial charge on any atom is 0.156 e. The Morgan fingerprint density at radius 3 is 3.00 bits per heavy atom. The topological polar surface area (TPSA) is 24.4 Å². The third kappa shape index (κ3) is 3.48. The molecular formula is C14H19FN2S. The molecule has 1 atom stereocenters. The molecule has 1 aromatic carbocycles. The van der Waals surface area contributed by atoms with E-state index >= 15 is 0 Å². The van der Waals surface area contributed by atoms with Gasteiger partial charge in [-0.15, -0.1) is 0 Å². The summed E-state index contributed by atoms with van der Waals surface area (Å²) in [6.07, 6.45) is 2.01. The third-order valence-corrected chi connectivity index (χ3v) is 4.27. The molecule has 1 saturated heterocycles. The van der Waals surface area contributed by atoms with Crippen molar-refractivity contribution in [2.45, 2.75) is 32.7 Å². The first kappa shape index (κ1) is 13.4. The summed E-state index contributed by atoms with van der Waals surface area (Å²) >= 11 is 1.80. The number of halogens is 1. The summed E-state index contributed by atoms with van der Waals surface area (Å²) in [7, 11) is 0. The molecule has 18 heavy (non-hydrogen) atoms. The van der Waals surface area contributed by atoms with Crippen LogP contribution in [0.5, 0.6) is 0 Å². The van der Waals surface area contributed by atoms with Crippen LogP contribution < -0.4 is 5.32 Å². The van der Waals surface area contributed by atoms with Crippen molar-refractivity contribution in [3.63, 3.8) is 0 Å². The molecule has 2 rings (SSSR count). The lowest BCUT2D eigenvalue weighted by Gasteiger charge is -2.06. The molecule has 1 heterocycles. The first-order valence-electron chi connectivity index (χ1n) is 6.38. The summed E-state index contributed by atoms with van der Waals surface area (Å²) in [5.41, 5.74) is 2.18. The summed E-state index contributed by atoms with van der Waals surface area (Å²) in [5.74, 6) is 0.951. The quantitative estimate of drug-likeness (QED) is 0.905. The van der Waals surface area contributed by atoms with E-state index in [-0.39, 0.29) is 5.82 Å². The number of aliphatic imine (C=N–C) groups is 1. The van der Waals surface area contributed by atoms with Crippen LogP contribution >= 0.6 is 11.8 Å². The molecule has 1 unspecified atom stereocenters. The van der Waals surface area contributed by atoms with Crippen molar-refractivity contribution >= 4 is 16.9 Å². The monoisotopic (exact) mass is 266 g/mol. The molecule has 1 aliphatic heterocycles. The fraction of sp³-hybridized carbons (Fsp3) is 0.500. The molecule has 2 nitrogen and oxygen atoms in total. The number of benzene rings is 1. The van der Waals surface area contributed by atoms with Crippen LogP contribution in [0.2, 0.25) is 0 Å². The molecule has 0 radical (unpaired) electrons. The van der Waals surface area contributed by atoms with E-state index in [0.29, 0.717) is 6.04 Å². The first-order chi connectivity index (χ1) is 8.69. The van der Waals surface area contributed by atoms with E-state index in [1.165, 1.54) is 11.6 Å².